The van der Waals surface area contributed by atoms with Crippen molar-refractivity contribution in [3.8, 4) is 22.9 Å². The van der Waals surface area contributed by atoms with Gasteiger partial charge in [0.25, 0.3) is 0 Å². The number of hydrogen-bond donors (Lipinski definition) is 4. The van der Waals surface area contributed by atoms with E-state index in [1.165, 1.54) is 22.7 Å². The number of anilines is 1. The number of aliphatic carboxylic acids is 1. The maximum atomic E-state index is 14.8. The summed E-state index contributed by atoms with van der Waals surface area (Å²) in [6.07, 6.45) is 2.09. The van der Waals surface area contributed by atoms with Crippen LogP contribution in [0.4, 0.5) is 9.93 Å². The number of carboxylic acids is 1. The lowest BCUT2D eigenvalue weighted by Gasteiger charge is -2.35. The van der Waals surface area contributed by atoms with Gasteiger partial charge in [-0.1, -0.05) is 45.7 Å². The van der Waals surface area contributed by atoms with Crippen molar-refractivity contribution in [2.24, 2.45) is 23.2 Å². The van der Waals surface area contributed by atoms with Gasteiger partial charge in [0.05, 0.1) is 37.0 Å². The third-order valence-electron chi connectivity index (χ3n) is 13.3. The first-order chi connectivity index (χ1) is 29.9. The van der Waals surface area contributed by atoms with Crippen LogP contribution < -0.4 is 25.4 Å². The highest BCUT2D eigenvalue weighted by atomic mass is 35.5. The molecule has 342 valence electrons. The molecule has 3 aromatic rings. The number of fused-ring (bicyclic) bond motifs is 2. The number of ether oxygens (including phenoxy) is 4. The number of carbonyl (C=O) groups excluding carboxylic acids is 3. The van der Waals surface area contributed by atoms with Crippen LogP contribution in [-0.4, -0.2) is 131 Å². The van der Waals surface area contributed by atoms with Crippen LogP contribution in [0.1, 0.15) is 80.1 Å². The number of alkyl carbamates (subject to hydrolysis) is 1. The third-order valence-corrected chi connectivity index (χ3v) is 14.4. The second kappa shape index (κ2) is 17.8. The molecule has 0 bridgehead atoms. The number of amides is 3. The Morgan fingerprint density at radius 3 is 2.49 bits per heavy atom. The summed E-state index contributed by atoms with van der Waals surface area (Å²) in [4.78, 5) is 68.4. The molecular formula is C45H60ClN7O9S. The fourth-order valence-electron chi connectivity index (χ4n) is 9.37. The maximum absolute atomic E-state index is 14.8. The molecule has 2 aliphatic heterocycles. The quantitative estimate of drug-likeness (QED) is 0.135. The Bertz CT molecular complexity index is 2230. The van der Waals surface area contributed by atoms with Gasteiger partial charge in [-0.15, -0.1) is 11.3 Å². The Morgan fingerprint density at radius 1 is 1.06 bits per heavy atom. The van der Waals surface area contributed by atoms with Crippen molar-refractivity contribution in [1.82, 2.24) is 30.4 Å². The number of likely N-dealkylation sites (N-methyl/N-ethyl adjacent to an activating group) is 1. The summed E-state index contributed by atoms with van der Waals surface area (Å²) >= 11 is 8.57. The van der Waals surface area contributed by atoms with Crippen molar-refractivity contribution in [2.75, 3.05) is 45.3 Å². The SMILES string of the molecule is CC[C@@H]1C[C@]1(NC(=O)[C@@H]1C[C@@H](Oc2cc(-c3csc(NC(C)C)n3)nc3c(Cl)c(OC[C@@H]4COCCN4C)ccc23)CN1C(=O)[C@@H](NC(=O)OC1C[C@@H]2C[C@@H]2C1)C(C)(C)C)C(=O)O. The van der Waals surface area contributed by atoms with Gasteiger partial charge >= 0.3 is 12.1 Å². The highest BCUT2D eigenvalue weighted by molar-refractivity contribution is 7.14. The molecule has 4 N–H and O–H groups in total. The molecule has 2 saturated heterocycles. The molecule has 4 heterocycles. The molecule has 8 rings (SSSR count). The van der Waals surface area contributed by atoms with Crippen molar-refractivity contribution in [3.63, 3.8) is 0 Å². The van der Waals surface area contributed by atoms with Crippen LogP contribution in [0.25, 0.3) is 22.3 Å². The predicted octanol–water partition coefficient (Wildman–Crippen LogP) is 6.20. The number of hydrogen-bond acceptors (Lipinski definition) is 13. The summed E-state index contributed by atoms with van der Waals surface area (Å²) in [6.45, 7) is 13.8. The number of rotatable bonds is 15. The monoisotopic (exact) mass is 909 g/mol. The minimum atomic E-state index is -1.42. The summed E-state index contributed by atoms with van der Waals surface area (Å²) in [5.41, 5.74) is -0.714. The fraction of sp³-hybridized carbons (Fsp3) is 0.644. The van der Waals surface area contributed by atoms with E-state index in [0.29, 0.717) is 78.3 Å². The van der Waals surface area contributed by atoms with Gasteiger partial charge in [0.15, 0.2) is 5.13 Å². The van der Waals surface area contributed by atoms with Crippen LogP contribution in [0.5, 0.6) is 11.5 Å². The molecule has 1 unspecified atom stereocenters. The third kappa shape index (κ3) is 9.67. The van der Waals surface area contributed by atoms with Crippen LogP contribution in [0, 0.1) is 23.2 Å². The molecule has 0 spiro atoms. The van der Waals surface area contributed by atoms with Crippen molar-refractivity contribution < 1.29 is 43.2 Å². The van der Waals surface area contributed by atoms with Crippen molar-refractivity contribution >= 4 is 62.8 Å². The lowest BCUT2D eigenvalue weighted by Crippen LogP contribution is -2.59. The highest BCUT2D eigenvalue weighted by Gasteiger charge is 2.61. The van der Waals surface area contributed by atoms with E-state index in [1.54, 1.807) is 12.1 Å². The topological polar surface area (TPSA) is 194 Å². The van der Waals surface area contributed by atoms with Crippen LogP contribution >= 0.6 is 22.9 Å². The molecule has 2 aromatic heterocycles. The normalized spacial score (nSPS) is 28.3. The minimum absolute atomic E-state index is 0.0340. The van der Waals surface area contributed by atoms with E-state index in [9.17, 15) is 24.3 Å². The number of likely N-dealkylation sites (tertiary alicyclic amines) is 1. The lowest BCUT2D eigenvalue weighted by atomic mass is 9.85. The molecule has 18 heteroatoms. The van der Waals surface area contributed by atoms with Gasteiger partial charge in [-0.25, -0.2) is 19.6 Å². The molecule has 3 amide bonds. The molecule has 1 aromatic carbocycles. The molecule has 5 aliphatic rings. The van der Waals surface area contributed by atoms with Crippen LogP contribution in [0.3, 0.4) is 0 Å². The first kappa shape index (κ1) is 45.1. The molecular weight excluding hydrogens is 850 g/mol. The van der Waals surface area contributed by atoms with Gasteiger partial charge in [-0.3, -0.25) is 14.5 Å². The largest absolute Gasteiger partial charge is 0.490 e. The van der Waals surface area contributed by atoms with Crippen LogP contribution in [-0.2, 0) is 23.9 Å². The van der Waals surface area contributed by atoms with Gasteiger partial charge in [0.1, 0.15) is 58.7 Å². The summed E-state index contributed by atoms with van der Waals surface area (Å²) in [7, 11) is 2.03. The number of carboxylic acid groups (broad SMARTS) is 1. The first-order valence-corrected chi connectivity index (χ1v) is 23.5. The number of pyridine rings is 1. The van der Waals surface area contributed by atoms with E-state index in [1.807, 2.05) is 60.0 Å². The van der Waals surface area contributed by atoms with Gasteiger partial charge < -0.3 is 44.9 Å². The maximum Gasteiger partial charge on any atom is 0.408 e. The van der Waals surface area contributed by atoms with E-state index in [2.05, 4.69) is 20.9 Å². The highest BCUT2D eigenvalue weighted by Crippen LogP contribution is 2.52. The number of nitrogens with one attached hydrogen (secondary N) is 3. The zero-order valence-corrected chi connectivity index (χ0v) is 38.6. The zero-order chi connectivity index (χ0) is 45.0. The summed E-state index contributed by atoms with van der Waals surface area (Å²) in [5.74, 6) is -0.419. The molecule has 16 nitrogen and oxygen atoms in total. The average molecular weight is 911 g/mol. The second-order valence-electron chi connectivity index (χ2n) is 19.4. The molecule has 5 fully saturated rings. The fourth-order valence-corrected chi connectivity index (χ4v) is 10.5. The summed E-state index contributed by atoms with van der Waals surface area (Å²) in [5, 5.41) is 22.7. The summed E-state index contributed by atoms with van der Waals surface area (Å²) in [6, 6.07) is 3.39. The first-order valence-electron chi connectivity index (χ1n) is 22.2. The standard InChI is InChI=1S/C45H60ClN7O9S/c1-8-26-18-45(26,41(56)57)51-39(54)33-16-29(19-53(33)40(55)38(44(4,5)6)50-43(58)62-28-14-24-13-25(24)15-28)61-35-17-31(32-22-63-42(49-32)47-23(2)3)48-37-30(35)9-10-34(36(37)46)60-21-27-20-59-12-11-52(27)7/h9-10,17,22-29,33,38H,8,11-16,18-21H2,1-7H3,(H,47,49)(H,50,58)(H,51,54)(H,56,57)/t24-,25+,26-,27+,28?,29-,33+,38-,45-/m1/s1. The molecule has 63 heavy (non-hydrogen) atoms. The molecule has 0 radical (unpaired) electrons. The number of benzene rings is 1. The van der Waals surface area contributed by atoms with Crippen molar-refractivity contribution in [2.45, 2.75) is 122 Å². The van der Waals surface area contributed by atoms with Gasteiger partial charge in [0.2, 0.25) is 11.8 Å². The molecule has 3 saturated carbocycles. The Kier molecular flexibility index (Phi) is 12.8. The van der Waals surface area contributed by atoms with E-state index < -0.39 is 53.0 Å². The lowest BCUT2D eigenvalue weighted by molar-refractivity contribution is -0.146. The molecule has 9 atom stereocenters. The van der Waals surface area contributed by atoms with Gasteiger partial charge in [-0.05, 0) is 81.9 Å². The summed E-state index contributed by atoms with van der Waals surface area (Å²) < 4.78 is 24.6. The van der Waals surface area contributed by atoms with E-state index in [4.69, 9.17) is 40.5 Å². The number of halogens is 1. The van der Waals surface area contributed by atoms with Crippen molar-refractivity contribution in [3.05, 3.63) is 28.6 Å². The number of morpholine rings is 1. The van der Waals surface area contributed by atoms with Gasteiger partial charge in [-0.2, -0.15) is 0 Å². The average Bonchev–Trinajstić information content (AvgIpc) is 3.90. The number of carbonyl (C=O) groups is 4. The second-order valence-corrected chi connectivity index (χ2v) is 20.6. The van der Waals surface area contributed by atoms with E-state index >= 15 is 0 Å². The Morgan fingerprint density at radius 2 is 1.83 bits per heavy atom. The van der Waals surface area contributed by atoms with Crippen molar-refractivity contribution in [1.29, 1.82) is 0 Å². The Balaban J connectivity index is 1.10. The smallest absolute Gasteiger partial charge is 0.408 e. The Hall–Kier alpha value is -4.45. The zero-order valence-electron chi connectivity index (χ0n) is 37.1. The van der Waals surface area contributed by atoms with Crippen LogP contribution in [0.15, 0.2) is 23.6 Å². The van der Waals surface area contributed by atoms with E-state index in [-0.39, 0.29) is 42.1 Å². The Labute approximate surface area is 377 Å². The van der Waals surface area contributed by atoms with Gasteiger partial charge in [0, 0.05) is 35.8 Å². The number of aromatic nitrogens is 2. The van der Waals surface area contributed by atoms with E-state index in [0.717, 1.165) is 24.5 Å². The minimum Gasteiger partial charge on any atom is -0.490 e. The number of nitrogens with zero attached hydrogens (tertiary/aromatic N) is 4. The molecule has 3 aliphatic carbocycles. The number of thiazole rings is 1. The van der Waals surface area contributed by atoms with Crippen LogP contribution in [0.2, 0.25) is 5.02 Å². The predicted molar refractivity (Wildman–Crippen MR) is 238 cm³/mol.